The van der Waals surface area contributed by atoms with Crippen molar-refractivity contribution in [2.45, 2.75) is 103 Å². The normalized spacial score (nSPS) is 34.2. The summed E-state index contributed by atoms with van der Waals surface area (Å²) in [5.74, 6) is 0.662. The Labute approximate surface area is 162 Å². The van der Waals surface area contributed by atoms with Crippen LogP contribution in [0.3, 0.4) is 0 Å². The number of hydrogen-bond donors (Lipinski definition) is 0. The van der Waals surface area contributed by atoms with E-state index in [1.807, 2.05) is 0 Å². The highest BCUT2D eigenvalue weighted by molar-refractivity contribution is 6.74. The van der Waals surface area contributed by atoms with Crippen LogP contribution in [0.4, 0.5) is 0 Å². The fraction of sp³-hybridized carbons (Fsp3) is 0.909. The maximum Gasteiger partial charge on any atom is 0.192 e. The second-order valence-electron chi connectivity index (χ2n) is 10.7. The second kappa shape index (κ2) is 7.02. The predicted octanol–water partition coefficient (Wildman–Crippen LogP) is 6.06. The van der Waals surface area contributed by atoms with Crippen molar-refractivity contribution in [1.29, 1.82) is 0 Å². The number of fused-ring (bicyclic) bond motifs is 1. The number of ether oxygens (including phenoxy) is 2. The van der Waals surface area contributed by atoms with Crippen LogP contribution >= 0.6 is 0 Å². The van der Waals surface area contributed by atoms with Gasteiger partial charge in [-0.25, -0.2) is 0 Å². The molecule has 1 saturated heterocycles. The van der Waals surface area contributed by atoms with E-state index in [2.05, 4.69) is 53.8 Å². The van der Waals surface area contributed by atoms with E-state index in [0.29, 0.717) is 5.92 Å². The van der Waals surface area contributed by atoms with Gasteiger partial charge in [0.05, 0.1) is 12.2 Å². The lowest BCUT2D eigenvalue weighted by molar-refractivity contribution is -0.161. The van der Waals surface area contributed by atoms with Gasteiger partial charge in [0.1, 0.15) is 0 Å². The molecule has 2 aliphatic carbocycles. The Hall–Kier alpha value is -0.163. The molecule has 3 atom stereocenters. The summed E-state index contributed by atoms with van der Waals surface area (Å²) >= 11 is 0. The quantitative estimate of drug-likeness (QED) is 0.414. The van der Waals surface area contributed by atoms with Gasteiger partial charge in [-0.05, 0) is 68.0 Å². The molecule has 0 spiro atoms. The van der Waals surface area contributed by atoms with Crippen LogP contribution in [0, 0.1) is 11.3 Å². The molecule has 1 saturated carbocycles. The van der Waals surface area contributed by atoms with Crippen molar-refractivity contribution in [2.75, 3.05) is 13.2 Å². The third-order valence-electron chi connectivity index (χ3n) is 7.71. The van der Waals surface area contributed by atoms with Gasteiger partial charge in [0.2, 0.25) is 0 Å². The lowest BCUT2D eigenvalue weighted by Crippen LogP contribution is -2.46. The summed E-state index contributed by atoms with van der Waals surface area (Å²) < 4.78 is 18.6. The summed E-state index contributed by atoms with van der Waals surface area (Å²) in [5, 5.41) is 0.267. The summed E-state index contributed by atoms with van der Waals surface area (Å²) in [6, 6.07) is 0. The van der Waals surface area contributed by atoms with Gasteiger partial charge in [-0.3, -0.25) is 0 Å². The van der Waals surface area contributed by atoms with Gasteiger partial charge in [-0.15, -0.1) is 0 Å². The van der Waals surface area contributed by atoms with Crippen molar-refractivity contribution in [3.63, 3.8) is 0 Å². The SMILES string of the molecule is CC1(C)[C@@H]2CC(CCOC3CCCCO3)=CC[C@@]21O[Si](C)(C)C(C)(C)C. The molecule has 4 heteroatoms. The van der Waals surface area contributed by atoms with Crippen molar-refractivity contribution in [1.82, 2.24) is 0 Å². The molecule has 0 bridgehead atoms. The summed E-state index contributed by atoms with van der Waals surface area (Å²) in [4.78, 5) is 0. The minimum atomic E-state index is -1.75. The molecule has 3 nitrogen and oxygen atoms in total. The first-order chi connectivity index (χ1) is 12.0. The minimum absolute atomic E-state index is 0.0336. The van der Waals surface area contributed by atoms with Crippen molar-refractivity contribution in [3.8, 4) is 0 Å². The zero-order valence-electron chi connectivity index (χ0n) is 18.1. The fourth-order valence-electron chi connectivity index (χ4n) is 4.61. The van der Waals surface area contributed by atoms with Gasteiger partial charge in [0.15, 0.2) is 14.6 Å². The van der Waals surface area contributed by atoms with Gasteiger partial charge in [-0.2, -0.15) is 0 Å². The zero-order valence-corrected chi connectivity index (χ0v) is 19.1. The van der Waals surface area contributed by atoms with Gasteiger partial charge < -0.3 is 13.9 Å². The molecule has 1 aliphatic heterocycles. The third-order valence-corrected chi connectivity index (χ3v) is 12.2. The first-order valence-electron chi connectivity index (χ1n) is 10.6. The Kier molecular flexibility index (Phi) is 5.55. The molecule has 1 unspecified atom stereocenters. The first-order valence-corrected chi connectivity index (χ1v) is 13.5. The van der Waals surface area contributed by atoms with Gasteiger partial charge in [0.25, 0.3) is 0 Å². The molecule has 0 aromatic carbocycles. The molecule has 0 aromatic rings. The Morgan fingerprint density at radius 2 is 1.96 bits per heavy atom. The monoisotopic (exact) mass is 380 g/mol. The standard InChI is InChI=1S/C22H40O3Si/c1-20(2,3)26(6,7)25-22-13-11-17(16-18(22)21(22,4)5)12-15-24-19-10-8-9-14-23-19/h11,18-19H,8-10,12-16H2,1-7H3/t18-,19?,22+/m0/s1. The van der Waals surface area contributed by atoms with E-state index in [-0.39, 0.29) is 22.3 Å². The molecule has 1 heterocycles. The van der Waals surface area contributed by atoms with Gasteiger partial charge in [0, 0.05) is 6.61 Å². The van der Waals surface area contributed by atoms with Crippen LogP contribution in [0.2, 0.25) is 18.1 Å². The van der Waals surface area contributed by atoms with Gasteiger partial charge in [-0.1, -0.05) is 46.3 Å². The summed E-state index contributed by atoms with van der Waals surface area (Å²) in [7, 11) is -1.75. The highest BCUT2D eigenvalue weighted by Crippen LogP contribution is 2.71. The van der Waals surface area contributed by atoms with E-state index >= 15 is 0 Å². The minimum Gasteiger partial charge on any atom is -0.410 e. The number of rotatable bonds is 6. The van der Waals surface area contributed by atoms with E-state index in [0.717, 1.165) is 32.5 Å². The van der Waals surface area contributed by atoms with E-state index < -0.39 is 8.32 Å². The van der Waals surface area contributed by atoms with Crippen LogP contribution in [0.25, 0.3) is 0 Å². The molecular formula is C22H40O3Si. The van der Waals surface area contributed by atoms with Crippen LogP contribution in [0.1, 0.15) is 73.1 Å². The lowest BCUT2D eigenvalue weighted by atomic mass is 9.95. The second-order valence-corrected chi connectivity index (χ2v) is 15.4. The molecular weight excluding hydrogens is 340 g/mol. The maximum atomic E-state index is 7.01. The van der Waals surface area contributed by atoms with Crippen LogP contribution in [-0.4, -0.2) is 33.4 Å². The van der Waals surface area contributed by atoms with E-state index in [1.54, 1.807) is 5.57 Å². The molecule has 3 aliphatic rings. The van der Waals surface area contributed by atoms with Crippen molar-refractivity contribution in [3.05, 3.63) is 11.6 Å². The number of hydrogen-bond acceptors (Lipinski definition) is 3. The van der Waals surface area contributed by atoms with E-state index in [1.165, 1.54) is 19.3 Å². The molecule has 150 valence electrons. The highest BCUT2D eigenvalue weighted by atomic mass is 28.4. The van der Waals surface area contributed by atoms with Crippen molar-refractivity contribution < 1.29 is 13.9 Å². The summed E-state index contributed by atoms with van der Waals surface area (Å²) in [5.41, 5.74) is 1.92. The Morgan fingerprint density at radius 3 is 2.54 bits per heavy atom. The van der Waals surface area contributed by atoms with Crippen LogP contribution < -0.4 is 0 Å². The van der Waals surface area contributed by atoms with Crippen LogP contribution in [0.15, 0.2) is 11.6 Å². The predicted molar refractivity (Wildman–Crippen MR) is 110 cm³/mol. The van der Waals surface area contributed by atoms with Crippen LogP contribution in [0.5, 0.6) is 0 Å². The molecule has 0 N–H and O–H groups in total. The largest absolute Gasteiger partial charge is 0.410 e. The van der Waals surface area contributed by atoms with E-state index in [9.17, 15) is 0 Å². The Morgan fingerprint density at radius 1 is 1.23 bits per heavy atom. The lowest BCUT2D eigenvalue weighted by Gasteiger charge is -2.41. The molecule has 2 fully saturated rings. The molecule has 26 heavy (non-hydrogen) atoms. The van der Waals surface area contributed by atoms with Crippen molar-refractivity contribution in [2.24, 2.45) is 11.3 Å². The average Bonchev–Trinajstić information content (AvgIpc) is 3.01. The maximum absolute atomic E-state index is 7.01. The average molecular weight is 381 g/mol. The molecule has 0 radical (unpaired) electrons. The third kappa shape index (κ3) is 3.72. The smallest absolute Gasteiger partial charge is 0.192 e. The fourth-order valence-corrected chi connectivity index (χ4v) is 6.32. The molecule has 0 aromatic heterocycles. The Bertz CT molecular complexity index is 540. The summed E-state index contributed by atoms with van der Waals surface area (Å²) in [6.07, 6.45) is 9.26. The van der Waals surface area contributed by atoms with Gasteiger partial charge >= 0.3 is 0 Å². The Balaban J connectivity index is 1.56. The van der Waals surface area contributed by atoms with Crippen LogP contribution in [-0.2, 0) is 13.9 Å². The molecule has 3 rings (SSSR count). The zero-order chi connectivity index (χ0) is 19.2. The molecule has 0 amide bonds. The van der Waals surface area contributed by atoms with E-state index in [4.69, 9.17) is 13.9 Å². The summed E-state index contributed by atoms with van der Waals surface area (Å²) in [6.45, 7) is 18.3. The highest BCUT2D eigenvalue weighted by Gasteiger charge is 2.73. The topological polar surface area (TPSA) is 27.7 Å². The first kappa shape index (κ1) is 20.6. The van der Waals surface area contributed by atoms with Crippen molar-refractivity contribution >= 4 is 8.32 Å².